The van der Waals surface area contributed by atoms with Crippen LogP contribution < -0.4 is 0 Å². The number of ether oxygens (including phenoxy) is 1. The van der Waals surface area contributed by atoms with Gasteiger partial charge in [-0.05, 0) is 57.9 Å². The van der Waals surface area contributed by atoms with Crippen molar-refractivity contribution in [3.05, 3.63) is 35.9 Å². The van der Waals surface area contributed by atoms with Gasteiger partial charge in [0.05, 0.1) is 0 Å². The van der Waals surface area contributed by atoms with E-state index in [1.165, 1.54) is 18.4 Å². The van der Waals surface area contributed by atoms with E-state index in [9.17, 15) is 4.79 Å². The van der Waals surface area contributed by atoms with Gasteiger partial charge < -0.3 is 9.64 Å². The van der Waals surface area contributed by atoms with Gasteiger partial charge in [-0.15, -0.1) is 0 Å². The smallest absolute Gasteiger partial charge is 0.410 e. The van der Waals surface area contributed by atoms with Gasteiger partial charge in [-0.3, -0.25) is 0 Å². The predicted octanol–water partition coefficient (Wildman–Crippen LogP) is 5.74. The normalized spacial score (nSPS) is 21.0. The molecule has 4 heteroatoms. The molecule has 1 aliphatic carbocycles. The van der Waals surface area contributed by atoms with E-state index in [1.807, 2.05) is 43.5 Å². The third-order valence-electron chi connectivity index (χ3n) is 4.64. The van der Waals surface area contributed by atoms with E-state index in [0.29, 0.717) is 6.04 Å². The molecule has 0 heterocycles. The standard InChI is InChI=1S/C21H33NO2S/c1-17-10-12-19(13-11-17)22(20(23)24-21(2,3)4)14-15-25-16-18-8-6-5-7-9-18/h5-9,17,19H,10-16H2,1-4H3. The minimum Gasteiger partial charge on any atom is -0.444 e. The van der Waals surface area contributed by atoms with Crippen molar-refractivity contribution in [3.8, 4) is 0 Å². The van der Waals surface area contributed by atoms with E-state index in [2.05, 4.69) is 31.2 Å². The number of hydrogen-bond acceptors (Lipinski definition) is 3. The molecule has 0 aromatic heterocycles. The van der Waals surface area contributed by atoms with E-state index in [1.54, 1.807) is 0 Å². The Morgan fingerprint density at radius 3 is 2.40 bits per heavy atom. The molecule has 1 fully saturated rings. The molecule has 1 aliphatic rings. The molecule has 0 spiro atoms. The Morgan fingerprint density at radius 1 is 1.16 bits per heavy atom. The monoisotopic (exact) mass is 363 g/mol. The van der Waals surface area contributed by atoms with Gasteiger partial charge in [-0.1, -0.05) is 37.3 Å². The summed E-state index contributed by atoms with van der Waals surface area (Å²) in [5.74, 6) is 2.72. The molecule has 0 unspecified atom stereocenters. The Morgan fingerprint density at radius 2 is 1.80 bits per heavy atom. The van der Waals surface area contributed by atoms with E-state index < -0.39 is 5.60 Å². The molecule has 0 atom stereocenters. The van der Waals surface area contributed by atoms with Crippen molar-refractivity contribution in [2.75, 3.05) is 12.3 Å². The molecule has 1 aromatic rings. The summed E-state index contributed by atoms with van der Waals surface area (Å²) in [4.78, 5) is 14.7. The third-order valence-corrected chi connectivity index (χ3v) is 5.65. The van der Waals surface area contributed by atoms with E-state index in [4.69, 9.17) is 4.74 Å². The molecule has 25 heavy (non-hydrogen) atoms. The van der Waals surface area contributed by atoms with Crippen LogP contribution in [0.1, 0.15) is 58.9 Å². The molecule has 3 nitrogen and oxygen atoms in total. The van der Waals surface area contributed by atoms with Crippen molar-refractivity contribution in [1.82, 2.24) is 4.90 Å². The lowest BCUT2D eigenvalue weighted by Gasteiger charge is -2.37. The first-order valence-electron chi connectivity index (χ1n) is 9.46. The molecule has 1 amide bonds. The summed E-state index contributed by atoms with van der Waals surface area (Å²) in [6.07, 6.45) is 4.47. The van der Waals surface area contributed by atoms with Crippen LogP contribution in [0.3, 0.4) is 0 Å². The van der Waals surface area contributed by atoms with Crippen molar-refractivity contribution in [2.24, 2.45) is 5.92 Å². The zero-order chi connectivity index (χ0) is 18.3. The van der Waals surface area contributed by atoms with Crippen LogP contribution in [-0.4, -0.2) is 34.9 Å². The van der Waals surface area contributed by atoms with Crippen molar-refractivity contribution in [1.29, 1.82) is 0 Å². The van der Waals surface area contributed by atoms with Gasteiger partial charge in [0.2, 0.25) is 0 Å². The number of nitrogens with zero attached hydrogens (tertiary/aromatic N) is 1. The topological polar surface area (TPSA) is 29.5 Å². The van der Waals surface area contributed by atoms with Gasteiger partial charge >= 0.3 is 6.09 Å². The number of amides is 1. The van der Waals surface area contributed by atoms with Crippen LogP contribution in [0.2, 0.25) is 0 Å². The molecule has 1 aromatic carbocycles. The lowest BCUT2D eigenvalue weighted by atomic mass is 9.87. The first-order valence-corrected chi connectivity index (χ1v) is 10.6. The lowest BCUT2D eigenvalue weighted by Crippen LogP contribution is -2.45. The minimum absolute atomic E-state index is 0.146. The maximum atomic E-state index is 12.7. The van der Waals surface area contributed by atoms with Crippen molar-refractivity contribution >= 4 is 17.9 Å². The summed E-state index contributed by atoms with van der Waals surface area (Å²) >= 11 is 1.89. The average Bonchev–Trinajstić information content (AvgIpc) is 2.55. The first kappa shape index (κ1) is 20.2. The fourth-order valence-electron chi connectivity index (χ4n) is 3.22. The largest absolute Gasteiger partial charge is 0.444 e. The van der Waals surface area contributed by atoms with Gasteiger partial charge in [-0.25, -0.2) is 4.79 Å². The molecule has 1 saturated carbocycles. The molecule has 0 N–H and O–H groups in total. The highest BCUT2D eigenvalue weighted by Crippen LogP contribution is 2.28. The Bertz CT molecular complexity index is 518. The fraction of sp³-hybridized carbons (Fsp3) is 0.667. The number of carbonyl (C=O) groups excluding carboxylic acids is 1. The molecule has 0 radical (unpaired) electrons. The second-order valence-electron chi connectivity index (χ2n) is 8.13. The Labute approximate surface area is 157 Å². The molecule has 0 saturated heterocycles. The fourth-order valence-corrected chi connectivity index (χ4v) is 4.12. The summed E-state index contributed by atoms with van der Waals surface area (Å²) in [5.41, 5.74) is 0.900. The van der Waals surface area contributed by atoms with Crippen LogP contribution in [0, 0.1) is 5.92 Å². The van der Waals surface area contributed by atoms with Gasteiger partial charge in [0, 0.05) is 24.1 Å². The zero-order valence-electron chi connectivity index (χ0n) is 16.2. The van der Waals surface area contributed by atoms with E-state index in [-0.39, 0.29) is 6.09 Å². The highest BCUT2D eigenvalue weighted by molar-refractivity contribution is 7.98. The van der Waals surface area contributed by atoms with Crippen LogP contribution in [0.25, 0.3) is 0 Å². The van der Waals surface area contributed by atoms with Crippen LogP contribution >= 0.6 is 11.8 Å². The zero-order valence-corrected chi connectivity index (χ0v) is 17.0. The second-order valence-corrected chi connectivity index (χ2v) is 9.23. The summed E-state index contributed by atoms with van der Waals surface area (Å²) in [7, 11) is 0. The highest BCUT2D eigenvalue weighted by atomic mass is 32.2. The summed E-state index contributed by atoms with van der Waals surface area (Å²) in [6.45, 7) is 8.90. The van der Waals surface area contributed by atoms with Crippen LogP contribution in [0.5, 0.6) is 0 Å². The molecular weight excluding hydrogens is 330 g/mol. The summed E-state index contributed by atoms with van der Waals surface area (Å²) in [6, 6.07) is 10.8. The molecule has 0 bridgehead atoms. The molecular formula is C21H33NO2S. The molecule has 140 valence electrons. The number of benzene rings is 1. The third kappa shape index (κ3) is 7.31. The van der Waals surface area contributed by atoms with Crippen molar-refractivity contribution in [2.45, 2.75) is 70.8 Å². The van der Waals surface area contributed by atoms with Gasteiger partial charge in [0.15, 0.2) is 0 Å². The minimum atomic E-state index is -0.436. The van der Waals surface area contributed by atoms with Crippen LogP contribution in [0.15, 0.2) is 30.3 Å². The first-order chi connectivity index (χ1) is 11.8. The average molecular weight is 364 g/mol. The van der Waals surface area contributed by atoms with E-state index >= 15 is 0 Å². The van der Waals surface area contributed by atoms with Crippen molar-refractivity contribution < 1.29 is 9.53 Å². The van der Waals surface area contributed by atoms with Crippen molar-refractivity contribution in [3.63, 3.8) is 0 Å². The summed E-state index contributed by atoms with van der Waals surface area (Å²) in [5, 5.41) is 0. The van der Waals surface area contributed by atoms with Gasteiger partial charge in [0.25, 0.3) is 0 Å². The second kappa shape index (κ2) is 9.51. The highest BCUT2D eigenvalue weighted by Gasteiger charge is 2.30. The summed E-state index contributed by atoms with van der Waals surface area (Å²) < 4.78 is 5.67. The van der Waals surface area contributed by atoms with E-state index in [0.717, 1.165) is 36.8 Å². The quantitative estimate of drug-likeness (QED) is 0.604. The number of rotatable bonds is 6. The Kier molecular flexibility index (Phi) is 7.67. The SMILES string of the molecule is CC1CCC(N(CCSCc2ccccc2)C(=O)OC(C)(C)C)CC1. The maximum absolute atomic E-state index is 12.7. The molecule has 2 rings (SSSR count). The predicted molar refractivity (Wildman–Crippen MR) is 107 cm³/mol. The van der Waals surface area contributed by atoms with Crippen LogP contribution in [-0.2, 0) is 10.5 Å². The number of carbonyl (C=O) groups is 1. The lowest BCUT2D eigenvalue weighted by molar-refractivity contribution is 0.0123. The number of hydrogen-bond donors (Lipinski definition) is 0. The van der Waals surface area contributed by atoms with Crippen LogP contribution in [0.4, 0.5) is 4.79 Å². The van der Waals surface area contributed by atoms with Gasteiger partial charge in [0.1, 0.15) is 5.60 Å². The van der Waals surface area contributed by atoms with Gasteiger partial charge in [-0.2, -0.15) is 11.8 Å². The Hall–Kier alpha value is -1.16. The Balaban J connectivity index is 1.88. The maximum Gasteiger partial charge on any atom is 0.410 e. The molecule has 0 aliphatic heterocycles. The number of thioether (sulfide) groups is 1.